The van der Waals surface area contributed by atoms with Crippen LogP contribution in [0.25, 0.3) is 0 Å². The number of carbonyl (C=O) groups is 2. The first kappa shape index (κ1) is 22.2. The molecule has 3 aromatic rings. The molecule has 0 saturated heterocycles. The maximum absolute atomic E-state index is 12.9. The van der Waals surface area contributed by atoms with Crippen molar-refractivity contribution in [2.45, 2.75) is 25.2 Å². The lowest BCUT2D eigenvalue weighted by molar-refractivity contribution is -0.137. The van der Waals surface area contributed by atoms with Gasteiger partial charge in [0.1, 0.15) is 6.04 Å². The van der Waals surface area contributed by atoms with Crippen molar-refractivity contribution in [3.63, 3.8) is 0 Å². The van der Waals surface area contributed by atoms with Crippen LogP contribution in [0.4, 0.5) is 13.2 Å². The van der Waals surface area contributed by atoms with Crippen LogP contribution in [0.3, 0.4) is 0 Å². The molecular weight excluding hydrogens is 433 g/mol. The Morgan fingerprint density at radius 3 is 2.58 bits per heavy atom. The zero-order chi connectivity index (χ0) is 23.4. The summed E-state index contributed by atoms with van der Waals surface area (Å²) in [6.07, 6.45) is -2.73. The van der Waals surface area contributed by atoms with Crippen molar-refractivity contribution in [2.75, 3.05) is 6.54 Å². The Bertz CT molecular complexity index is 1220. The van der Waals surface area contributed by atoms with E-state index in [1.54, 1.807) is 12.1 Å². The Kier molecular flexibility index (Phi) is 6.22. The van der Waals surface area contributed by atoms with Crippen LogP contribution in [0, 0.1) is 11.8 Å². The lowest BCUT2D eigenvalue weighted by Crippen LogP contribution is -2.52. The van der Waals surface area contributed by atoms with Crippen LogP contribution in [0.5, 0.6) is 0 Å². The molecule has 33 heavy (non-hydrogen) atoms. The molecule has 0 aliphatic carbocycles. The van der Waals surface area contributed by atoms with Crippen LogP contribution in [0.1, 0.15) is 32.8 Å². The summed E-state index contributed by atoms with van der Waals surface area (Å²) in [6, 6.07) is 14.6. The summed E-state index contributed by atoms with van der Waals surface area (Å²) < 4.78 is 43.7. The van der Waals surface area contributed by atoms with Crippen LogP contribution in [-0.2, 0) is 23.9 Å². The van der Waals surface area contributed by atoms with Gasteiger partial charge in [-0.05, 0) is 41.5 Å². The van der Waals surface area contributed by atoms with Crippen LogP contribution in [-0.4, -0.2) is 29.3 Å². The quantitative estimate of drug-likeness (QED) is 0.611. The number of benzene rings is 2. The Hall–Kier alpha value is -3.99. The second kappa shape index (κ2) is 9.25. The van der Waals surface area contributed by atoms with Crippen LogP contribution in [0.15, 0.2) is 71.3 Å². The van der Waals surface area contributed by atoms with Gasteiger partial charge in [0, 0.05) is 18.5 Å². The maximum atomic E-state index is 12.9. The summed E-state index contributed by atoms with van der Waals surface area (Å²) in [5.74, 6) is 4.63. The van der Waals surface area contributed by atoms with E-state index in [0.29, 0.717) is 6.42 Å². The van der Waals surface area contributed by atoms with E-state index in [2.05, 4.69) is 17.2 Å². The van der Waals surface area contributed by atoms with Gasteiger partial charge in [-0.1, -0.05) is 42.2 Å². The van der Waals surface area contributed by atoms with Gasteiger partial charge < -0.3 is 14.6 Å². The summed E-state index contributed by atoms with van der Waals surface area (Å²) in [7, 11) is 0. The van der Waals surface area contributed by atoms with Gasteiger partial charge in [-0.15, -0.1) is 0 Å². The number of carbonyl (C=O) groups excluding carboxylic acids is 2. The van der Waals surface area contributed by atoms with Gasteiger partial charge in [-0.25, -0.2) is 0 Å². The molecule has 1 atom stereocenters. The van der Waals surface area contributed by atoms with Crippen molar-refractivity contribution >= 4 is 11.8 Å². The molecule has 8 heteroatoms. The molecule has 1 N–H and O–H groups in total. The van der Waals surface area contributed by atoms with E-state index >= 15 is 0 Å². The highest BCUT2D eigenvalue weighted by Crippen LogP contribution is 2.29. The molecule has 168 valence electrons. The van der Waals surface area contributed by atoms with E-state index in [4.69, 9.17) is 4.42 Å². The minimum Gasteiger partial charge on any atom is -0.459 e. The number of hydrogen-bond acceptors (Lipinski definition) is 3. The predicted octanol–water partition coefficient (Wildman–Crippen LogP) is 4.03. The smallest absolute Gasteiger partial charge is 0.416 e. The third-order valence-electron chi connectivity index (χ3n) is 5.32. The van der Waals surface area contributed by atoms with Crippen molar-refractivity contribution in [1.29, 1.82) is 0 Å². The molecule has 1 aliphatic heterocycles. The first-order valence-electron chi connectivity index (χ1n) is 10.2. The highest BCUT2D eigenvalue weighted by Gasteiger charge is 2.35. The maximum Gasteiger partial charge on any atom is 0.416 e. The van der Waals surface area contributed by atoms with Gasteiger partial charge in [0.2, 0.25) is 5.91 Å². The van der Waals surface area contributed by atoms with E-state index in [-0.39, 0.29) is 24.4 Å². The summed E-state index contributed by atoms with van der Waals surface area (Å²) in [5, 5.41) is 2.67. The minimum atomic E-state index is -4.45. The molecule has 1 unspecified atom stereocenters. The highest BCUT2D eigenvalue weighted by molar-refractivity contribution is 5.96. The van der Waals surface area contributed by atoms with Gasteiger partial charge in [0.05, 0.1) is 18.4 Å². The summed E-state index contributed by atoms with van der Waals surface area (Å²) >= 11 is 0. The lowest BCUT2D eigenvalue weighted by Gasteiger charge is -2.35. The fourth-order valence-corrected chi connectivity index (χ4v) is 3.68. The largest absolute Gasteiger partial charge is 0.459 e. The van der Waals surface area contributed by atoms with Gasteiger partial charge in [0.25, 0.3) is 5.91 Å². The van der Waals surface area contributed by atoms with Gasteiger partial charge in [0.15, 0.2) is 5.76 Å². The molecule has 1 aliphatic rings. The van der Waals surface area contributed by atoms with Gasteiger partial charge in [-0.2, -0.15) is 13.2 Å². The average Bonchev–Trinajstić information content (AvgIpc) is 3.35. The van der Waals surface area contributed by atoms with Gasteiger partial charge in [-0.3, -0.25) is 9.59 Å². The van der Waals surface area contributed by atoms with Crippen LogP contribution in [0.2, 0.25) is 0 Å². The van der Waals surface area contributed by atoms with Crippen molar-refractivity contribution in [2.24, 2.45) is 0 Å². The third-order valence-corrected chi connectivity index (χ3v) is 5.32. The Morgan fingerprint density at radius 1 is 1.06 bits per heavy atom. The van der Waals surface area contributed by atoms with E-state index < -0.39 is 29.6 Å². The Morgan fingerprint density at radius 2 is 1.85 bits per heavy atom. The minimum absolute atomic E-state index is 0.0734. The molecule has 2 heterocycles. The number of halogens is 3. The molecule has 0 bridgehead atoms. The zero-order valence-corrected chi connectivity index (χ0v) is 17.4. The topological polar surface area (TPSA) is 62.6 Å². The zero-order valence-electron chi connectivity index (χ0n) is 17.4. The number of amides is 2. The highest BCUT2D eigenvalue weighted by atomic mass is 19.4. The molecule has 0 spiro atoms. The SMILES string of the molecule is O=C(NCC#Cc1cccc(C(F)(F)F)c1)C1Cc2ccccc2CN1C(=O)c1ccco1. The van der Waals surface area contributed by atoms with E-state index in [1.807, 2.05) is 24.3 Å². The van der Waals surface area contributed by atoms with Crippen LogP contribution >= 0.6 is 0 Å². The molecule has 2 aromatic carbocycles. The molecule has 4 rings (SSSR count). The second-order valence-corrected chi connectivity index (χ2v) is 7.50. The number of fused-ring (bicyclic) bond motifs is 1. The van der Waals surface area contributed by atoms with Gasteiger partial charge >= 0.3 is 6.18 Å². The van der Waals surface area contributed by atoms with E-state index in [0.717, 1.165) is 23.3 Å². The number of furan rings is 1. The monoisotopic (exact) mass is 452 g/mol. The third kappa shape index (κ3) is 5.09. The fraction of sp³-hybridized carbons (Fsp3) is 0.200. The molecule has 0 fully saturated rings. The Balaban J connectivity index is 1.47. The first-order valence-corrected chi connectivity index (χ1v) is 10.2. The van der Waals surface area contributed by atoms with E-state index in [9.17, 15) is 22.8 Å². The Labute approximate surface area is 188 Å². The predicted molar refractivity (Wildman–Crippen MR) is 114 cm³/mol. The second-order valence-electron chi connectivity index (χ2n) is 7.50. The number of hydrogen-bond donors (Lipinski definition) is 1. The standard InChI is InChI=1S/C25H19F3N2O3/c26-25(27,28)20-10-3-6-17(14-20)7-4-12-29-23(31)21-15-18-8-1-2-9-19(18)16-30(21)24(32)22-11-5-13-33-22/h1-3,5-6,8-11,13-14,21H,12,15-16H2,(H,29,31). The summed E-state index contributed by atoms with van der Waals surface area (Å²) in [6.45, 7) is 0.180. The summed E-state index contributed by atoms with van der Waals surface area (Å²) in [4.78, 5) is 27.3. The fourth-order valence-electron chi connectivity index (χ4n) is 3.68. The van der Waals surface area contributed by atoms with Crippen molar-refractivity contribution in [3.8, 4) is 11.8 Å². The van der Waals surface area contributed by atoms with Crippen LogP contribution < -0.4 is 5.32 Å². The number of alkyl halides is 3. The molecule has 1 aromatic heterocycles. The molecule has 0 saturated carbocycles. The number of nitrogens with one attached hydrogen (secondary N) is 1. The lowest BCUT2D eigenvalue weighted by atomic mass is 9.93. The molecule has 2 amide bonds. The van der Waals surface area contributed by atoms with Crippen molar-refractivity contribution in [1.82, 2.24) is 10.2 Å². The average molecular weight is 452 g/mol. The summed E-state index contributed by atoms with van der Waals surface area (Å²) in [5.41, 5.74) is 1.33. The van der Waals surface area contributed by atoms with Crippen molar-refractivity contribution in [3.05, 3.63) is 94.9 Å². The van der Waals surface area contributed by atoms with Crippen molar-refractivity contribution < 1.29 is 27.2 Å². The molecule has 5 nitrogen and oxygen atoms in total. The normalized spacial score (nSPS) is 15.2. The number of rotatable bonds is 3. The van der Waals surface area contributed by atoms with E-state index in [1.165, 1.54) is 23.3 Å². The number of nitrogens with zero attached hydrogens (tertiary/aromatic N) is 1. The molecule has 0 radical (unpaired) electrons. The molecular formula is C25H19F3N2O3. The first-order chi connectivity index (χ1) is 15.8.